The highest BCUT2D eigenvalue weighted by Gasteiger charge is 2.24. The summed E-state index contributed by atoms with van der Waals surface area (Å²) in [6.07, 6.45) is 6.68. The number of likely N-dealkylation sites (N-methyl/N-ethyl adjacent to an activating group) is 1. The van der Waals surface area contributed by atoms with E-state index in [0.717, 1.165) is 5.92 Å². The van der Waals surface area contributed by atoms with Crippen LogP contribution in [0.25, 0.3) is 0 Å². The van der Waals surface area contributed by atoms with Crippen molar-refractivity contribution in [1.82, 2.24) is 4.90 Å². The van der Waals surface area contributed by atoms with Crippen LogP contribution in [0.3, 0.4) is 0 Å². The van der Waals surface area contributed by atoms with Gasteiger partial charge in [-0.3, -0.25) is 4.90 Å². The summed E-state index contributed by atoms with van der Waals surface area (Å²) in [5.41, 5.74) is 10.4. The van der Waals surface area contributed by atoms with E-state index in [1.165, 1.54) is 62.0 Å². The highest BCUT2D eigenvalue weighted by molar-refractivity contribution is 5.56. The van der Waals surface area contributed by atoms with Crippen LogP contribution in [-0.2, 0) is 6.42 Å². The molecular formula is C18H29N3. The van der Waals surface area contributed by atoms with Gasteiger partial charge in [0.15, 0.2) is 0 Å². The molecule has 1 aliphatic carbocycles. The van der Waals surface area contributed by atoms with Crippen LogP contribution in [0, 0.1) is 5.92 Å². The highest BCUT2D eigenvalue weighted by Crippen LogP contribution is 2.32. The van der Waals surface area contributed by atoms with Gasteiger partial charge in [-0.05, 0) is 55.8 Å². The second-order valence-corrected chi connectivity index (χ2v) is 6.90. The Labute approximate surface area is 129 Å². The molecule has 3 heteroatoms. The summed E-state index contributed by atoms with van der Waals surface area (Å²) in [5, 5.41) is 0. The average Bonchev–Trinajstić information content (AvgIpc) is 2.44. The SMILES string of the molecule is CN1CCCc2cc(C(CN)N(C)CC3CCC3)ccc21. The summed E-state index contributed by atoms with van der Waals surface area (Å²) in [5.74, 6) is 0.896. The Hall–Kier alpha value is -1.06. The quantitative estimate of drug-likeness (QED) is 0.904. The van der Waals surface area contributed by atoms with Gasteiger partial charge in [-0.25, -0.2) is 0 Å². The molecule has 0 aromatic heterocycles. The predicted molar refractivity (Wildman–Crippen MR) is 89.8 cm³/mol. The van der Waals surface area contributed by atoms with Gasteiger partial charge in [-0.1, -0.05) is 18.6 Å². The molecule has 0 radical (unpaired) electrons. The van der Waals surface area contributed by atoms with E-state index in [-0.39, 0.29) is 0 Å². The Morgan fingerprint density at radius 3 is 2.81 bits per heavy atom. The zero-order chi connectivity index (χ0) is 14.8. The third-order valence-electron chi connectivity index (χ3n) is 5.37. The van der Waals surface area contributed by atoms with Crippen molar-refractivity contribution < 1.29 is 0 Å². The number of nitrogens with zero attached hydrogens (tertiary/aromatic N) is 2. The minimum atomic E-state index is 0.364. The lowest BCUT2D eigenvalue weighted by Crippen LogP contribution is -2.36. The van der Waals surface area contributed by atoms with Crippen molar-refractivity contribution in [3.63, 3.8) is 0 Å². The largest absolute Gasteiger partial charge is 0.374 e. The number of hydrogen-bond donors (Lipinski definition) is 1. The summed E-state index contributed by atoms with van der Waals surface area (Å²) < 4.78 is 0. The first kappa shape index (κ1) is 14.9. The Bertz CT molecular complexity index is 481. The maximum atomic E-state index is 6.09. The normalized spacial score (nSPS) is 20.3. The minimum absolute atomic E-state index is 0.364. The number of aryl methyl sites for hydroxylation is 1. The standard InChI is InChI=1S/C18H29N3/c1-20-10-4-7-15-11-16(8-9-17(15)20)18(12-19)21(2)13-14-5-3-6-14/h8-9,11,14,18H,3-7,10,12-13,19H2,1-2H3. The minimum Gasteiger partial charge on any atom is -0.374 e. The molecule has 1 heterocycles. The van der Waals surface area contributed by atoms with E-state index in [1.54, 1.807) is 0 Å². The molecule has 1 aromatic carbocycles. The van der Waals surface area contributed by atoms with Gasteiger partial charge in [0.2, 0.25) is 0 Å². The summed E-state index contributed by atoms with van der Waals surface area (Å²) in [6, 6.07) is 7.35. The van der Waals surface area contributed by atoms with E-state index in [1.807, 2.05) is 0 Å². The molecule has 116 valence electrons. The second kappa shape index (κ2) is 6.37. The fourth-order valence-corrected chi connectivity index (χ4v) is 3.79. The summed E-state index contributed by atoms with van der Waals surface area (Å²) in [4.78, 5) is 4.84. The van der Waals surface area contributed by atoms with Gasteiger partial charge in [0, 0.05) is 38.4 Å². The van der Waals surface area contributed by atoms with Gasteiger partial charge in [0.25, 0.3) is 0 Å². The number of fused-ring (bicyclic) bond motifs is 1. The first-order valence-corrected chi connectivity index (χ1v) is 8.43. The first-order chi connectivity index (χ1) is 10.2. The molecule has 3 rings (SSSR count). The predicted octanol–water partition coefficient (Wildman–Crippen LogP) is 2.80. The van der Waals surface area contributed by atoms with E-state index >= 15 is 0 Å². The van der Waals surface area contributed by atoms with E-state index in [9.17, 15) is 0 Å². The molecule has 1 unspecified atom stereocenters. The molecule has 3 nitrogen and oxygen atoms in total. The second-order valence-electron chi connectivity index (χ2n) is 6.90. The maximum Gasteiger partial charge on any atom is 0.0467 e. The van der Waals surface area contributed by atoms with Crippen LogP contribution >= 0.6 is 0 Å². The van der Waals surface area contributed by atoms with Crippen LogP contribution in [0.5, 0.6) is 0 Å². The maximum absolute atomic E-state index is 6.09. The van der Waals surface area contributed by atoms with Crippen LogP contribution in [-0.4, -0.2) is 38.6 Å². The Kier molecular flexibility index (Phi) is 4.51. The molecule has 0 bridgehead atoms. The van der Waals surface area contributed by atoms with Crippen molar-refractivity contribution in [2.45, 2.75) is 38.1 Å². The molecule has 1 saturated carbocycles. The topological polar surface area (TPSA) is 32.5 Å². The monoisotopic (exact) mass is 287 g/mol. The average molecular weight is 287 g/mol. The van der Waals surface area contributed by atoms with E-state index in [4.69, 9.17) is 5.73 Å². The summed E-state index contributed by atoms with van der Waals surface area (Å²) >= 11 is 0. The summed E-state index contributed by atoms with van der Waals surface area (Å²) in [7, 11) is 4.43. The lowest BCUT2D eigenvalue weighted by molar-refractivity contribution is 0.165. The number of rotatable bonds is 5. The van der Waals surface area contributed by atoms with Crippen LogP contribution in [0.4, 0.5) is 5.69 Å². The van der Waals surface area contributed by atoms with Crippen LogP contribution in [0.1, 0.15) is 42.9 Å². The lowest BCUT2D eigenvalue weighted by atomic mass is 9.84. The van der Waals surface area contributed by atoms with Crippen molar-refractivity contribution >= 4 is 5.69 Å². The summed E-state index contributed by atoms with van der Waals surface area (Å²) in [6.45, 7) is 3.07. The molecule has 1 aromatic rings. The molecule has 21 heavy (non-hydrogen) atoms. The van der Waals surface area contributed by atoms with E-state index in [2.05, 4.69) is 42.1 Å². The first-order valence-electron chi connectivity index (χ1n) is 8.43. The van der Waals surface area contributed by atoms with Crippen molar-refractivity contribution in [1.29, 1.82) is 0 Å². The molecule has 1 atom stereocenters. The van der Waals surface area contributed by atoms with E-state index < -0.39 is 0 Å². The third-order valence-corrected chi connectivity index (χ3v) is 5.37. The number of benzene rings is 1. The van der Waals surface area contributed by atoms with Gasteiger partial charge >= 0.3 is 0 Å². The molecule has 0 saturated heterocycles. The van der Waals surface area contributed by atoms with Gasteiger partial charge < -0.3 is 10.6 Å². The zero-order valence-corrected chi connectivity index (χ0v) is 13.5. The van der Waals surface area contributed by atoms with Crippen LogP contribution in [0.2, 0.25) is 0 Å². The van der Waals surface area contributed by atoms with Gasteiger partial charge in [0.05, 0.1) is 0 Å². The number of hydrogen-bond acceptors (Lipinski definition) is 3. The number of nitrogens with two attached hydrogens (primary N) is 1. The fourth-order valence-electron chi connectivity index (χ4n) is 3.79. The molecule has 0 amide bonds. The Morgan fingerprint density at radius 2 is 2.14 bits per heavy atom. The molecule has 2 N–H and O–H groups in total. The number of anilines is 1. The Morgan fingerprint density at radius 1 is 1.33 bits per heavy atom. The molecule has 1 fully saturated rings. The highest BCUT2D eigenvalue weighted by atomic mass is 15.1. The molecule has 2 aliphatic rings. The third kappa shape index (κ3) is 3.09. The lowest BCUT2D eigenvalue weighted by Gasteiger charge is -2.35. The zero-order valence-electron chi connectivity index (χ0n) is 13.5. The fraction of sp³-hybridized carbons (Fsp3) is 0.667. The van der Waals surface area contributed by atoms with Crippen molar-refractivity contribution in [3.05, 3.63) is 29.3 Å². The van der Waals surface area contributed by atoms with Gasteiger partial charge in [-0.2, -0.15) is 0 Å². The molecule has 1 aliphatic heterocycles. The van der Waals surface area contributed by atoms with Gasteiger partial charge in [-0.15, -0.1) is 0 Å². The van der Waals surface area contributed by atoms with Crippen LogP contribution < -0.4 is 10.6 Å². The smallest absolute Gasteiger partial charge is 0.0467 e. The van der Waals surface area contributed by atoms with Crippen molar-refractivity contribution in [2.24, 2.45) is 11.7 Å². The molecular weight excluding hydrogens is 258 g/mol. The Balaban J connectivity index is 1.76. The van der Waals surface area contributed by atoms with Crippen molar-refractivity contribution in [3.8, 4) is 0 Å². The van der Waals surface area contributed by atoms with Crippen LogP contribution in [0.15, 0.2) is 18.2 Å². The van der Waals surface area contributed by atoms with Gasteiger partial charge in [0.1, 0.15) is 0 Å². The molecule has 0 spiro atoms. The van der Waals surface area contributed by atoms with E-state index in [0.29, 0.717) is 12.6 Å². The van der Waals surface area contributed by atoms with Crippen molar-refractivity contribution in [2.75, 3.05) is 38.6 Å².